The van der Waals surface area contributed by atoms with Crippen LogP contribution in [0.2, 0.25) is 0 Å². The van der Waals surface area contributed by atoms with Gasteiger partial charge in [0.15, 0.2) is 0 Å². The molecule has 2 rings (SSSR count). The third-order valence-corrected chi connectivity index (χ3v) is 4.53. The van der Waals surface area contributed by atoms with Crippen LogP contribution in [0, 0.1) is 0 Å². The Hall–Kier alpha value is -0.550. The Bertz CT molecular complexity index is 427. The summed E-state index contributed by atoms with van der Waals surface area (Å²) in [7, 11) is 0. The van der Waals surface area contributed by atoms with Gasteiger partial charge in [0, 0.05) is 16.9 Å². The van der Waals surface area contributed by atoms with Crippen LogP contribution in [0.4, 0.5) is 13.2 Å². The molecule has 1 aliphatic carbocycles. The molecule has 1 N–H and O–H groups in total. The maximum Gasteiger partial charge on any atom is 0.389 e. The number of hydrogen-bond donors (Lipinski definition) is 1. The number of halogens is 4. The monoisotopic (exact) mass is 349 g/mol. The standard InChI is InChI=1S/C15H19BrF3N/c16-14-6-2-1-5-13(14)11-9-12(10-11)20-8-4-3-7-15(17,18)19/h1-2,5-6,11-12,20H,3-4,7-10H2. The summed E-state index contributed by atoms with van der Waals surface area (Å²) in [5.74, 6) is 0.568. The second-order valence-corrected chi connectivity index (χ2v) is 6.27. The van der Waals surface area contributed by atoms with E-state index in [1.165, 1.54) is 5.56 Å². The first-order valence-corrected chi connectivity index (χ1v) is 7.79. The van der Waals surface area contributed by atoms with Gasteiger partial charge >= 0.3 is 6.18 Å². The average molecular weight is 350 g/mol. The Morgan fingerprint density at radius 3 is 2.50 bits per heavy atom. The van der Waals surface area contributed by atoms with Gasteiger partial charge in [0.2, 0.25) is 0 Å². The quantitative estimate of drug-likeness (QED) is 0.711. The Morgan fingerprint density at radius 1 is 1.15 bits per heavy atom. The van der Waals surface area contributed by atoms with Crippen LogP contribution < -0.4 is 5.32 Å². The smallest absolute Gasteiger partial charge is 0.314 e. The maximum atomic E-state index is 12.0. The van der Waals surface area contributed by atoms with Crippen molar-refractivity contribution in [3.63, 3.8) is 0 Å². The van der Waals surface area contributed by atoms with Crippen LogP contribution in [0.1, 0.15) is 43.6 Å². The molecule has 1 saturated carbocycles. The van der Waals surface area contributed by atoms with E-state index in [1.807, 2.05) is 18.2 Å². The lowest BCUT2D eigenvalue weighted by atomic mass is 9.76. The fourth-order valence-corrected chi connectivity index (χ4v) is 3.21. The van der Waals surface area contributed by atoms with Gasteiger partial charge in [-0.3, -0.25) is 0 Å². The van der Waals surface area contributed by atoms with Crippen LogP contribution >= 0.6 is 15.9 Å². The topological polar surface area (TPSA) is 12.0 Å². The van der Waals surface area contributed by atoms with Crippen molar-refractivity contribution in [1.82, 2.24) is 5.32 Å². The Labute approximate surface area is 126 Å². The largest absolute Gasteiger partial charge is 0.389 e. The first-order chi connectivity index (χ1) is 9.46. The molecule has 0 aliphatic heterocycles. The van der Waals surface area contributed by atoms with Gasteiger partial charge in [0.1, 0.15) is 0 Å². The predicted octanol–water partition coefficient (Wildman–Crippen LogP) is 5.02. The zero-order chi connectivity index (χ0) is 14.6. The summed E-state index contributed by atoms with van der Waals surface area (Å²) in [5, 5.41) is 3.34. The van der Waals surface area contributed by atoms with Gasteiger partial charge in [0.05, 0.1) is 0 Å². The molecule has 20 heavy (non-hydrogen) atoms. The number of hydrogen-bond acceptors (Lipinski definition) is 1. The van der Waals surface area contributed by atoms with Gasteiger partial charge in [0.25, 0.3) is 0 Å². The molecular formula is C15H19BrF3N. The number of unbranched alkanes of at least 4 members (excludes halogenated alkanes) is 1. The van der Waals surface area contributed by atoms with E-state index < -0.39 is 12.6 Å². The Morgan fingerprint density at radius 2 is 1.85 bits per heavy atom. The molecule has 1 aliphatic rings. The third-order valence-electron chi connectivity index (χ3n) is 3.80. The van der Waals surface area contributed by atoms with Gasteiger partial charge < -0.3 is 5.32 Å². The van der Waals surface area contributed by atoms with Crippen LogP contribution in [-0.2, 0) is 0 Å². The van der Waals surface area contributed by atoms with E-state index in [9.17, 15) is 13.2 Å². The van der Waals surface area contributed by atoms with Crippen molar-refractivity contribution < 1.29 is 13.2 Å². The molecule has 5 heteroatoms. The van der Waals surface area contributed by atoms with E-state index in [0.29, 0.717) is 24.9 Å². The lowest BCUT2D eigenvalue weighted by molar-refractivity contribution is -0.135. The highest BCUT2D eigenvalue weighted by Gasteiger charge is 2.31. The number of alkyl halides is 3. The zero-order valence-corrected chi connectivity index (χ0v) is 12.8. The molecule has 0 spiro atoms. The van der Waals surface area contributed by atoms with Gasteiger partial charge in [-0.15, -0.1) is 0 Å². The molecule has 1 nitrogen and oxygen atoms in total. The van der Waals surface area contributed by atoms with E-state index >= 15 is 0 Å². The van der Waals surface area contributed by atoms with E-state index in [1.54, 1.807) is 0 Å². The molecule has 0 radical (unpaired) electrons. The molecule has 0 unspecified atom stereocenters. The van der Waals surface area contributed by atoms with Crippen molar-refractivity contribution in [2.75, 3.05) is 6.54 Å². The van der Waals surface area contributed by atoms with E-state index in [4.69, 9.17) is 0 Å². The SMILES string of the molecule is FC(F)(F)CCCCNC1CC(c2ccccc2Br)C1. The molecule has 0 saturated heterocycles. The summed E-state index contributed by atoms with van der Waals surface area (Å²) in [4.78, 5) is 0. The second kappa shape index (κ2) is 6.94. The summed E-state index contributed by atoms with van der Waals surface area (Å²) in [6.07, 6.45) is -1.73. The molecule has 0 heterocycles. The first kappa shape index (κ1) is 15.8. The van der Waals surface area contributed by atoms with Crippen molar-refractivity contribution in [1.29, 1.82) is 0 Å². The summed E-state index contributed by atoms with van der Waals surface area (Å²) >= 11 is 3.56. The molecule has 0 bridgehead atoms. The Kier molecular flexibility index (Phi) is 5.49. The van der Waals surface area contributed by atoms with Crippen molar-refractivity contribution in [2.45, 2.75) is 50.2 Å². The van der Waals surface area contributed by atoms with Gasteiger partial charge in [-0.2, -0.15) is 13.2 Å². The zero-order valence-electron chi connectivity index (χ0n) is 11.2. The van der Waals surface area contributed by atoms with Crippen LogP contribution in [0.5, 0.6) is 0 Å². The lowest BCUT2D eigenvalue weighted by Gasteiger charge is -2.37. The van der Waals surface area contributed by atoms with Gasteiger partial charge in [-0.1, -0.05) is 34.1 Å². The average Bonchev–Trinajstić information content (AvgIpc) is 2.31. The van der Waals surface area contributed by atoms with E-state index in [2.05, 4.69) is 27.3 Å². The molecule has 0 amide bonds. The van der Waals surface area contributed by atoms with Crippen LogP contribution in [-0.4, -0.2) is 18.8 Å². The van der Waals surface area contributed by atoms with Crippen LogP contribution in [0.3, 0.4) is 0 Å². The summed E-state index contributed by atoms with van der Waals surface area (Å²) in [5.41, 5.74) is 1.34. The fraction of sp³-hybridized carbons (Fsp3) is 0.600. The minimum atomic E-state index is -4.01. The second-order valence-electron chi connectivity index (χ2n) is 5.41. The van der Waals surface area contributed by atoms with E-state index in [-0.39, 0.29) is 6.42 Å². The molecule has 0 atom stereocenters. The summed E-state index contributed by atoms with van der Waals surface area (Å²) < 4.78 is 37.1. The summed E-state index contributed by atoms with van der Waals surface area (Å²) in [6, 6.07) is 8.68. The number of rotatable bonds is 6. The minimum Gasteiger partial charge on any atom is -0.314 e. The molecule has 1 aromatic rings. The van der Waals surface area contributed by atoms with Crippen molar-refractivity contribution in [3.05, 3.63) is 34.3 Å². The molecule has 1 fully saturated rings. The first-order valence-electron chi connectivity index (χ1n) is 7.00. The number of nitrogens with one attached hydrogen (secondary N) is 1. The van der Waals surface area contributed by atoms with Crippen LogP contribution in [0.25, 0.3) is 0 Å². The normalized spacial score (nSPS) is 22.6. The third kappa shape index (κ3) is 4.77. The van der Waals surface area contributed by atoms with Crippen molar-refractivity contribution >= 4 is 15.9 Å². The molecular weight excluding hydrogens is 331 g/mol. The Balaban J connectivity index is 1.60. The number of benzene rings is 1. The molecule has 112 valence electrons. The van der Waals surface area contributed by atoms with Crippen LogP contribution in [0.15, 0.2) is 28.7 Å². The highest BCUT2D eigenvalue weighted by atomic mass is 79.9. The summed E-state index contributed by atoms with van der Waals surface area (Å²) in [6.45, 7) is 0.684. The van der Waals surface area contributed by atoms with Gasteiger partial charge in [-0.05, 0) is 49.8 Å². The highest BCUT2D eigenvalue weighted by Crippen LogP contribution is 2.39. The molecule has 1 aromatic carbocycles. The van der Waals surface area contributed by atoms with Gasteiger partial charge in [-0.25, -0.2) is 0 Å². The lowest BCUT2D eigenvalue weighted by Crippen LogP contribution is -2.40. The highest BCUT2D eigenvalue weighted by molar-refractivity contribution is 9.10. The van der Waals surface area contributed by atoms with Crippen molar-refractivity contribution in [3.8, 4) is 0 Å². The molecule has 0 aromatic heterocycles. The minimum absolute atomic E-state index is 0.219. The van der Waals surface area contributed by atoms with Crippen molar-refractivity contribution in [2.24, 2.45) is 0 Å². The maximum absolute atomic E-state index is 12.0. The fourth-order valence-electron chi connectivity index (χ4n) is 2.60. The van der Waals surface area contributed by atoms with E-state index in [0.717, 1.165) is 17.3 Å². The predicted molar refractivity (Wildman–Crippen MR) is 77.8 cm³/mol.